The van der Waals surface area contributed by atoms with Gasteiger partial charge >= 0.3 is 17.9 Å². The zero-order chi connectivity index (χ0) is 50.7. The summed E-state index contributed by atoms with van der Waals surface area (Å²) in [5, 5.41) is 0. The largest absolute Gasteiger partial charge is 0.462 e. The molecule has 6 nitrogen and oxygen atoms in total. The fraction of sp³-hybridized carbons (Fsp3) is 0.703. The van der Waals surface area contributed by atoms with Crippen molar-refractivity contribution in [1.82, 2.24) is 0 Å². The maximum Gasteiger partial charge on any atom is 0.306 e. The number of allylic oxidation sites excluding steroid dienone is 16. The molecular formula is C64H108O6. The molecule has 0 saturated heterocycles. The summed E-state index contributed by atoms with van der Waals surface area (Å²) in [4.78, 5) is 37.9. The van der Waals surface area contributed by atoms with Gasteiger partial charge in [-0.15, -0.1) is 0 Å². The molecule has 1 atom stereocenters. The molecular weight excluding hydrogens is 865 g/mol. The molecule has 0 fully saturated rings. The van der Waals surface area contributed by atoms with Crippen LogP contribution in [0.4, 0.5) is 0 Å². The third-order valence-electron chi connectivity index (χ3n) is 12.3. The third-order valence-corrected chi connectivity index (χ3v) is 12.3. The van der Waals surface area contributed by atoms with E-state index >= 15 is 0 Å². The minimum absolute atomic E-state index is 0.0812. The zero-order valence-corrected chi connectivity index (χ0v) is 45.8. The summed E-state index contributed by atoms with van der Waals surface area (Å²) in [6.45, 7) is 6.44. The van der Waals surface area contributed by atoms with Crippen molar-refractivity contribution in [1.29, 1.82) is 0 Å². The maximum atomic E-state index is 12.8. The molecule has 70 heavy (non-hydrogen) atoms. The van der Waals surface area contributed by atoms with E-state index in [1.54, 1.807) is 0 Å². The molecule has 0 saturated carbocycles. The van der Waals surface area contributed by atoms with Crippen molar-refractivity contribution in [3.05, 3.63) is 97.2 Å². The molecule has 400 valence electrons. The summed E-state index contributed by atoms with van der Waals surface area (Å²) >= 11 is 0. The van der Waals surface area contributed by atoms with Gasteiger partial charge < -0.3 is 14.2 Å². The van der Waals surface area contributed by atoms with Crippen molar-refractivity contribution in [3.63, 3.8) is 0 Å². The van der Waals surface area contributed by atoms with Gasteiger partial charge in [-0.1, -0.05) is 246 Å². The quantitative estimate of drug-likeness (QED) is 0.0262. The summed E-state index contributed by atoms with van der Waals surface area (Å²) in [6, 6.07) is 0. The maximum absolute atomic E-state index is 12.8. The number of hydrogen-bond acceptors (Lipinski definition) is 6. The van der Waals surface area contributed by atoms with Crippen LogP contribution < -0.4 is 0 Å². The first-order valence-electron chi connectivity index (χ1n) is 29.2. The Hall–Kier alpha value is -3.67. The van der Waals surface area contributed by atoms with Crippen LogP contribution in [0.3, 0.4) is 0 Å². The molecule has 0 N–H and O–H groups in total. The lowest BCUT2D eigenvalue weighted by Crippen LogP contribution is -2.30. The van der Waals surface area contributed by atoms with Crippen molar-refractivity contribution in [3.8, 4) is 0 Å². The monoisotopic (exact) mass is 973 g/mol. The van der Waals surface area contributed by atoms with Crippen molar-refractivity contribution >= 4 is 17.9 Å². The highest BCUT2D eigenvalue weighted by atomic mass is 16.6. The van der Waals surface area contributed by atoms with E-state index in [-0.39, 0.29) is 31.1 Å². The van der Waals surface area contributed by atoms with E-state index in [1.165, 1.54) is 122 Å². The van der Waals surface area contributed by atoms with Crippen molar-refractivity contribution in [2.24, 2.45) is 0 Å². The van der Waals surface area contributed by atoms with Crippen LogP contribution in [0.5, 0.6) is 0 Å². The molecule has 0 aliphatic rings. The molecule has 0 aliphatic carbocycles. The highest BCUT2D eigenvalue weighted by molar-refractivity contribution is 5.71. The van der Waals surface area contributed by atoms with Crippen LogP contribution in [-0.2, 0) is 28.6 Å². The van der Waals surface area contributed by atoms with Crippen LogP contribution in [0.2, 0.25) is 0 Å². The lowest BCUT2D eigenvalue weighted by Gasteiger charge is -2.18. The predicted octanol–water partition coefficient (Wildman–Crippen LogP) is 19.7. The van der Waals surface area contributed by atoms with E-state index in [0.717, 1.165) is 109 Å². The van der Waals surface area contributed by atoms with E-state index in [0.29, 0.717) is 19.3 Å². The number of esters is 3. The fourth-order valence-corrected chi connectivity index (χ4v) is 7.95. The molecule has 0 rings (SSSR count). The number of rotatable bonds is 52. The Morgan fingerprint density at radius 3 is 0.900 bits per heavy atom. The van der Waals surface area contributed by atoms with Crippen molar-refractivity contribution in [2.75, 3.05) is 13.2 Å². The van der Waals surface area contributed by atoms with E-state index in [4.69, 9.17) is 14.2 Å². The second-order valence-electron chi connectivity index (χ2n) is 19.2. The second-order valence-corrected chi connectivity index (χ2v) is 19.2. The number of carbonyl (C=O) groups is 3. The molecule has 0 amide bonds. The first-order valence-corrected chi connectivity index (χ1v) is 29.2. The van der Waals surface area contributed by atoms with E-state index in [1.807, 2.05) is 0 Å². The Labute approximate surface area is 432 Å². The molecule has 1 unspecified atom stereocenters. The lowest BCUT2D eigenvalue weighted by molar-refractivity contribution is -0.167. The molecule has 0 heterocycles. The average molecular weight is 974 g/mol. The highest BCUT2D eigenvalue weighted by Gasteiger charge is 2.19. The van der Waals surface area contributed by atoms with Gasteiger partial charge in [0.05, 0.1) is 0 Å². The van der Waals surface area contributed by atoms with Crippen LogP contribution in [0.25, 0.3) is 0 Å². The van der Waals surface area contributed by atoms with Crippen LogP contribution in [0, 0.1) is 0 Å². The number of ether oxygens (including phenoxy) is 3. The van der Waals surface area contributed by atoms with Gasteiger partial charge in [0.2, 0.25) is 0 Å². The molecule has 0 aromatic heterocycles. The van der Waals surface area contributed by atoms with Gasteiger partial charge in [-0.2, -0.15) is 0 Å². The van der Waals surface area contributed by atoms with E-state index in [9.17, 15) is 14.4 Å². The topological polar surface area (TPSA) is 78.9 Å². The van der Waals surface area contributed by atoms with Gasteiger partial charge in [-0.25, -0.2) is 0 Å². The second kappa shape index (κ2) is 57.9. The Bertz CT molecular complexity index is 1400. The first-order chi connectivity index (χ1) is 34.5. The van der Waals surface area contributed by atoms with Gasteiger partial charge in [-0.3, -0.25) is 14.4 Å². The minimum atomic E-state index is -0.780. The molecule has 0 bridgehead atoms. The standard InChI is InChI=1S/C64H108O6/c1-4-7-10-13-16-18-20-22-24-26-27-28-29-30-31-32-33-34-35-36-37-39-40-42-44-46-48-51-54-57-63(66)69-60-61(59-68-62(65)56-53-50-15-12-9-6-3)70-64(67)58-55-52-49-47-45-43-41-38-25-23-21-19-17-14-11-8-5-2/h7,10,16-19,22-25,27-28,30-31,33-34,61H,4-6,8-9,11-15,20-21,26,29,32,35-60H2,1-3H3/b10-7-,18-16-,19-17-,24-22-,25-23-,28-27-,31-30-,34-33-. The van der Waals surface area contributed by atoms with Crippen LogP contribution in [-0.4, -0.2) is 37.2 Å². The van der Waals surface area contributed by atoms with Gasteiger partial charge in [-0.05, 0) is 103 Å². The Morgan fingerprint density at radius 2 is 0.557 bits per heavy atom. The predicted molar refractivity (Wildman–Crippen MR) is 302 cm³/mol. The van der Waals surface area contributed by atoms with Crippen LogP contribution >= 0.6 is 0 Å². The smallest absolute Gasteiger partial charge is 0.306 e. The molecule has 0 aromatic carbocycles. The SMILES string of the molecule is CC/C=C\C/C=C\C/C=C\C/C=C\C/C=C\C/C=C\CCCCCCCCCCCCC(=O)OCC(COC(=O)CCCCCCCC)OC(=O)CCCCCCCCC/C=C\C/C=C\CCCCC. The average Bonchev–Trinajstić information content (AvgIpc) is 3.36. The summed E-state index contributed by atoms with van der Waals surface area (Å²) in [7, 11) is 0. The normalized spacial score (nSPS) is 12.8. The fourth-order valence-electron chi connectivity index (χ4n) is 7.95. The summed E-state index contributed by atoms with van der Waals surface area (Å²) in [5.41, 5.74) is 0. The van der Waals surface area contributed by atoms with Crippen LogP contribution in [0.1, 0.15) is 271 Å². The lowest BCUT2D eigenvalue weighted by atomic mass is 10.1. The number of unbranched alkanes of at least 4 members (excludes halogenated alkanes) is 25. The molecule has 0 aromatic rings. The number of carbonyl (C=O) groups excluding carboxylic acids is 3. The van der Waals surface area contributed by atoms with Crippen molar-refractivity contribution in [2.45, 2.75) is 277 Å². The summed E-state index contributed by atoms with van der Waals surface area (Å²) in [6.07, 6.45) is 77.2. The van der Waals surface area contributed by atoms with Gasteiger partial charge in [0.1, 0.15) is 13.2 Å². The van der Waals surface area contributed by atoms with Crippen molar-refractivity contribution < 1.29 is 28.6 Å². The minimum Gasteiger partial charge on any atom is -0.462 e. The van der Waals surface area contributed by atoms with Gasteiger partial charge in [0, 0.05) is 19.3 Å². The molecule has 6 heteroatoms. The summed E-state index contributed by atoms with van der Waals surface area (Å²) < 4.78 is 16.8. The molecule has 0 spiro atoms. The number of hydrogen-bond donors (Lipinski definition) is 0. The Morgan fingerprint density at radius 1 is 0.300 bits per heavy atom. The van der Waals surface area contributed by atoms with Gasteiger partial charge in [0.15, 0.2) is 6.10 Å². The molecule has 0 aliphatic heterocycles. The first kappa shape index (κ1) is 66.3. The molecule has 0 radical (unpaired) electrons. The Balaban J connectivity index is 4.13. The van der Waals surface area contributed by atoms with Crippen LogP contribution in [0.15, 0.2) is 97.2 Å². The van der Waals surface area contributed by atoms with E-state index < -0.39 is 6.10 Å². The summed E-state index contributed by atoms with van der Waals surface area (Å²) in [5.74, 6) is -0.901. The third kappa shape index (κ3) is 55.3. The van der Waals surface area contributed by atoms with Gasteiger partial charge in [0.25, 0.3) is 0 Å². The Kier molecular flexibility index (Phi) is 54.9. The highest BCUT2D eigenvalue weighted by Crippen LogP contribution is 2.15. The zero-order valence-electron chi connectivity index (χ0n) is 45.8. The van der Waals surface area contributed by atoms with E-state index in [2.05, 4.69) is 118 Å².